The molecule has 1 aromatic rings. The Balaban J connectivity index is 2.99. The van der Waals surface area contributed by atoms with E-state index in [0.29, 0.717) is 5.69 Å². The molecule has 0 saturated heterocycles. The lowest BCUT2D eigenvalue weighted by molar-refractivity contribution is -0.117. The summed E-state index contributed by atoms with van der Waals surface area (Å²) in [6, 6.07) is 5.78. The van der Waals surface area contributed by atoms with E-state index in [9.17, 15) is 13.2 Å². The van der Waals surface area contributed by atoms with E-state index in [1.165, 1.54) is 18.2 Å². The van der Waals surface area contributed by atoms with Crippen molar-refractivity contribution in [3.05, 3.63) is 24.3 Å². The van der Waals surface area contributed by atoms with Crippen molar-refractivity contribution in [1.82, 2.24) is 0 Å². The Kier molecular flexibility index (Phi) is 3.95. The molecule has 0 unspecified atom stereocenters. The number of nitrogens with two attached hydrogens (primary N) is 1. The van der Waals surface area contributed by atoms with Gasteiger partial charge in [0.05, 0.1) is 9.22 Å². The molecule has 0 bridgehead atoms. The molecule has 0 aliphatic carbocycles. The largest absolute Gasteiger partial charge is 0.325 e. The standard InChI is InChI=1S/C10H13BrN2O3S/c1-10(2,11)9(14)13-7-4-3-5-8(6-7)17(12,15)16/h3-6H,1-2H3,(H,13,14)(H2,12,15,16). The number of nitrogens with one attached hydrogen (secondary N) is 1. The van der Waals surface area contributed by atoms with Gasteiger partial charge in [-0.1, -0.05) is 22.0 Å². The molecule has 0 radical (unpaired) electrons. The number of alkyl halides is 1. The van der Waals surface area contributed by atoms with Crippen LogP contribution in [0, 0.1) is 0 Å². The Morgan fingerprint density at radius 2 is 2.00 bits per heavy atom. The third-order valence-electron chi connectivity index (χ3n) is 1.96. The number of hydrogen-bond donors (Lipinski definition) is 2. The minimum atomic E-state index is -3.76. The molecule has 0 atom stereocenters. The number of amides is 1. The van der Waals surface area contributed by atoms with Crippen molar-refractivity contribution < 1.29 is 13.2 Å². The predicted molar refractivity (Wildman–Crippen MR) is 69.5 cm³/mol. The van der Waals surface area contributed by atoms with Crippen molar-refractivity contribution in [1.29, 1.82) is 0 Å². The summed E-state index contributed by atoms with van der Waals surface area (Å²) >= 11 is 3.20. The maximum atomic E-state index is 11.7. The highest BCUT2D eigenvalue weighted by molar-refractivity contribution is 9.10. The third-order valence-corrected chi connectivity index (χ3v) is 3.23. The van der Waals surface area contributed by atoms with Crippen LogP contribution in [0.1, 0.15) is 13.8 Å². The molecule has 0 saturated carbocycles. The molecule has 0 aliphatic heterocycles. The number of primary sulfonamides is 1. The van der Waals surface area contributed by atoms with Crippen molar-refractivity contribution in [2.45, 2.75) is 23.1 Å². The lowest BCUT2D eigenvalue weighted by Gasteiger charge is -2.16. The Bertz CT molecular complexity index is 535. The maximum Gasteiger partial charge on any atom is 0.240 e. The van der Waals surface area contributed by atoms with Crippen molar-refractivity contribution >= 4 is 37.5 Å². The van der Waals surface area contributed by atoms with Gasteiger partial charge in [-0.15, -0.1) is 0 Å². The van der Waals surface area contributed by atoms with E-state index in [1.807, 2.05) is 0 Å². The van der Waals surface area contributed by atoms with E-state index in [0.717, 1.165) is 0 Å². The van der Waals surface area contributed by atoms with Gasteiger partial charge in [-0.05, 0) is 32.0 Å². The first kappa shape index (κ1) is 14.1. The Morgan fingerprint density at radius 3 is 2.47 bits per heavy atom. The summed E-state index contributed by atoms with van der Waals surface area (Å²) in [5.74, 6) is -0.274. The number of anilines is 1. The fraction of sp³-hybridized carbons (Fsp3) is 0.300. The number of rotatable bonds is 3. The molecule has 17 heavy (non-hydrogen) atoms. The van der Waals surface area contributed by atoms with Gasteiger partial charge in [0.2, 0.25) is 15.9 Å². The zero-order chi connectivity index (χ0) is 13.3. The van der Waals surface area contributed by atoms with Crippen LogP contribution in [-0.2, 0) is 14.8 Å². The molecule has 1 rings (SSSR count). The molecule has 0 aromatic heterocycles. The predicted octanol–water partition coefficient (Wildman–Crippen LogP) is 1.45. The van der Waals surface area contributed by atoms with Gasteiger partial charge in [0, 0.05) is 5.69 Å². The Morgan fingerprint density at radius 1 is 1.41 bits per heavy atom. The van der Waals surface area contributed by atoms with Crippen LogP contribution < -0.4 is 10.5 Å². The van der Waals surface area contributed by atoms with E-state index in [-0.39, 0.29) is 10.8 Å². The smallest absolute Gasteiger partial charge is 0.240 e. The number of sulfonamides is 1. The van der Waals surface area contributed by atoms with Crippen LogP contribution in [0.25, 0.3) is 0 Å². The molecule has 7 heteroatoms. The maximum absolute atomic E-state index is 11.7. The molecule has 0 spiro atoms. The van der Waals surface area contributed by atoms with Gasteiger partial charge in [0.25, 0.3) is 0 Å². The minimum Gasteiger partial charge on any atom is -0.325 e. The number of benzene rings is 1. The second-order valence-corrected chi connectivity index (χ2v) is 7.54. The van der Waals surface area contributed by atoms with Gasteiger partial charge in [-0.25, -0.2) is 13.6 Å². The SMILES string of the molecule is CC(C)(Br)C(=O)Nc1cccc(S(N)(=O)=O)c1. The quantitative estimate of drug-likeness (QED) is 0.826. The Hall–Kier alpha value is -0.920. The summed E-state index contributed by atoms with van der Waals surface area (Å²) in [5, 5.41) is 7.58. The Labute approximate surface area is 109 Å². The molecule has 0 aliphatic rings. The molecule has 1 amide bonds. The minimum absolute atomic E-state index is 0.0392. The lowest BCUT2D eigenvalue weighted by atomic mass is 10.2. The number of carbonyl (C=O) groups is 1. The van der Waals surface area contributed by atoms with Crippen LogP contribution in [-0.4, -0.2) is 18.6 Å². The van der Waals surface area contributed by atoms with Gasteiger partial charge in [-0.3, -0.25) is 4.79 Å². The summed E-state index contributed by atoms with van der Waals surface area (Å²) in [4.78, 5) is 11.6. The van der Waals surface area contributed by atoms with Crippen molar-refractivity contribution in [3.8, 4) is 0 Å². The highest BCUT2D eigenvalue weighted by Gasteiger charge is 2.23. The van der Waals surface area contributed by atoms with Crippen LogP contribution in [0.4, 0.5) is 5.69 Å². The normalized spacial score (nSPS) is 12.2. The zero-order valence-corrected chi connectivity index (χ0v) is 11.8. The van der Waals surface area contributed by atoms with Crippen LogP contribution in [0.2, 0.25) is 0 Å². The first-order chi connectivity index (χ1) is 7.60. The monoisotopic (exact) mass is 320 g/mol. The second-order valence-electron chi connectivity index (χ2n) is 4.00. The highest BCUT2D eigenvalue weighted by atomic mass is 79.9. The molecule has 0 heterocycles. The van der Waals surface area contributed by atoms with Gasteiger partial charge in [-0.2, -0.15) is 0 Å². The molecular formula is C10H13BrN2O3S. The average molecular weight is 321 g/mol. The summed E-state index contributed by atoms with van der Waals surface area (Å²) < 4.78 is 21.5. The van der Waals surface area contributed by atoms with Crippen LogP contribution in [0.5, 0.6) is 0 Å². The van der Waals surface area contributed by atoms with Crippen LogP contribution >= 0.6 is 15.9 Å². The van der Waals surface area contributed by atoms with Gasteiger partial charge >= 0.3 is 0 Å². The van der Waals surface area contributed by atoms with E-state index in [4.69, 9.17) is 5.14 Å². The van der Waals surface area contributed by atoms with Crippen molar-refractivity contribution in [2.24, 2.45) is 5.14 Å². The summed E-state index contributed by atoms with van der Waals surface area (Å²) in [5.41, 5.74) is 0.383. The topological polar surface area (TPSA) is 89.3 Å². The summed E-state index contributed by atoms with van der Waals surface area (Å²) in [7, 11) is -3.76. The van der Waals surface area contributed by atoms with Gasteiger partial charge in [0.1, 0.15) is 0 Å². The van der Waals surface area contributed by atoms with E-state index in [1.54, 1.807) is 19.9 Å². The fourth-order valence-electron chi connectivity index (χ4n) is 1.03. The van der Waals surface area contributed by atoms with Crippen LogP contribution in [0.3, 0.4) is 0 Å². The first-order valence-electron chi connectivity index (χ1n) is 4.74. The van der Waals surface area contributed by atoms with Crippen molar-refractivity contribution in [2.75, 3.05) is 5.32 Å². The molecule has 0 fully saturated rings. The third kappa shape index (κ3) is 4.10. The molecule has 3 N–H and O–H groups in total. The number of halogens is 1. The van der Waals surface area contributed by atoms with Crippen molar-refractivity contribution in [3.63, 3.8) is 0 Å². The summed E-state index contributed by atoms with van der Waals surface area (Å²) in [6.45, 7) is 3.37. The highest BCUT2D eigenvalue weighted by Crippen LogP contribution is 2.20. The fourth-order valence-corrected chi connectivity index (χ4v) is 1.69. The van der Waals surface area contributed by atoms with Gasteiger partial charge < -0.3 is 5.32 Å². The summed E-state index contributed by atoms with van der Waals surface area (Å²) in [6.07, 6.45) is 0. The first-order valence-corrected chi connectivity index (χ1v) is 7.08. The molecule has 1 aromatic carbocycles. The van der Waals surface area contributed by atoms with Crippen LogP contribution in [0.15, 0.2) is 29.2 Å². The molecular weight excluding hydrogens is 308 g/mol. The van der Waals surface area contributed by atoms with Gasteiger partial charge in [0.15, 0.2) is 0 Å². The second kappa shape index (κ2) is 4.75. The van der Waals surface area contributed by atoms with E-state index < -0.39 is 14.3 Å². The molecule has 94 valence electrons. The zero-order valence-electron chi connectivity index (χ0n) is 9.40. The number of hydrogen-bond acceptors (Lipinski definition) is 3. The average Bonchev–Trinajstić information content (AvgIpc) is 2.15. The lowest BCUT2D eigenvalue weighted by Crippen LogP contribution is -2.31. The molecule has 5 nitrogen and oxygen atoms in total. The number of carbonyl (C=O) groups excluding carboxylic acids is 1. The van der Waals surface area contributed by atoms with E-state index in [2.05, 4.69) is 21.2 Å². The van der Waals surface area contributed by atoms with E-state index >= 15 is 0 Å².